The number of nitrogens with zero attached hydrogens (tertiary/aromatic N) is 2. The molecule has 0 atom stereocenters. The van der Waals surface area contributed by atoms with Crippen LogP contribution in [0.5, 0.6) is 0 Å². The maximum atomic E-state index is 13.3. The predicted molar refractivity (Wildman–Crippen MR) is 118 cm³/mol. The van der Waals surface area contributed by atoms with Gasteiger partial charge in [-0.15, -0.1) is 0 Å². The summed E-state index contributed by atoms with van der Waals surface area (Å²) in [7, 11) is 0. The molecule has 0 unspecified atom stereocenters. The molecule has 0 aliphatic carbocycles. The summed E-state index contributed by atoms with van der Waals surface area (Å²) in [6.07, 6.45) is 4.03. The van der Waals surface area contributed by atoms with Crippen LogP contribution in [0.25, 0.3) is 0 Å². The van der Waals surface area contributed by atoms with Gasteiger partial charge in [-0.25, -0.2) is 4.79 Å². The van der Waals surface area contributed by atoms with Crippen molar-refractivity contribution in [3.63, 3.8) is 0 Å². The number of aromatic nitrogens is 2. The van der Waals surface area contributed by atoms with Crippen LogP contribution < -0.4 is 21.9 Å². The van der Waals surface area contributed by atoms with Crippen LogP contribution in [0, 0.1) is 0 Å². The summed E-state index contributed by atoms with van der Waals surface area (Å²) in [4.78, 5) is 41.7. The molecule has 0 radical (unpaired) electrons. The molecule has 9 heteroatoms. The van der Waals surface area contributed by atoms with Crippen LogP contribution >= 0.6 is 23.2 Å². The SMILES string of the molecule is CCCCCN(C(=O)c1ccc(Cl)cc1Cl)c1c(N)n(CCCC)c(=O)[nH]c1=O. The highest BCUT2D eigenvalue weighted by atomic mass is 35.5. The van der Waals surface area contributed by atoms with Crippen LogP contribution in [0.2, 0.25) is 10.0 Å². The molecule has 0 saturated carbocycles. The first kappa shape index (κ1) is 23.0. The number of nitrogen functional groups attached to an aromatic ring is 1. The minimum atomic E-state index is -0.699. The lowest BCUT2D eigenvalue weighted by molar-refractivity contribution is 0.0986. The maximum absolute atomic E-state index is 13.3. The van der Waals surface area contributed by atoms with E-state index in [-0.39, 0.29) is 28.6 Å². The smallest absolute Gasteiger partial charge is 0.330 e. The van der Waals surface area contributed by atoms with Crippen molar-refractivity contribution in [3.8, 4) is 0 Å². The van der Waals surface area contributed by atoms with E-state index in [1.165, 1.54) is 21.6 Å². The van der Waals surface area contributed by atoms with Crippen molar-refractivity contribution in [2.75, 3.05) is 17.2 Å². The van der Waals surface area contributed by atoms with Gasteiger partial charge >= 0.3 is 5.69 Å². The van der Waals surface area contributed by atoms with Gasteiger partial charge in [-0.1, -0.05) is 56.3 Å². The zero-order chi connectivity index (χ0) is 21.6. The summed E-state index contributed by atoms with van der Waals surface area (Å²) < 4.78 is 1.30. The number of H-pyrrole nitrogens is 1. The van der Waals surface area contributed by atoms with E-state index in [2.05, 4.69) is 4.98 Å². The second-order valence-corrected chi connectivity index (χ2v) is 7.63. The molecule has 3 N–H and O–H groups in total. The Hall–Kier alpha value is -2.25. The Morgan fingerprint density at radius 3 is 2.45 bits per heavy atom. The van der Waals surface area contributed by atoms with E-state index in [9.17, 15) is 14.4 Å². The first-order valence-corrected chi connectivity index (χ1v) is 10.5. The van der Waals surface area contributed by atoms with Gasteiger partial charge in [0, 0.05) is 18.1 Å². The average Bonchev–Trinajstić information content (AvgIpc) is 2.66. The summed E-state index contributed by atoms with van der Waals surface area (Å²) in [5, 5.41) is 0.576. The van der Waals surface area contributed by atoms with Gasteiger partial charge in [-0.3, -0.25) is 19.1 Å². The molecule has 2 aromatic rings. The van der Waals surface area contributed by atoms with Crippen molar-refractivity contribution in [2.24, 2.45) is 0 Å². The molecule has 1 heterocycles. The molecule has 1 amide bonds. The van der Waals surface area contributed by atoms with Gasteiger partial charge in [0.15, 0.2) is 5.69 Å². The molecule has 29 heavy (non-hydrogen) atoms. The van der Waals surface area contributed by atoms with E-state index < -0.39 is 17.2 Å². The first-order chi connectivity index (χ1) is 13.8. The lowest BCUT2D eigenvalue weighted by atomic mass is 10.1. The van der Waals surface area contributed by atoms with Crippen molar-refractivity contribution in [1.82, 2.24) is 9.55 Å². The van der Waals surface area contributed by atoms with E-state index in [0.717, 1.165) is 19.3 Å². The minimum Gasteiger partial charge on any atom is -0.383 e. The third kappa shape index (κ3) is 5.42. The number of hydrogen-bond donors (Lipinski definition) is 2. The lowest BCUT2D eigenvalue weighted by Crippen LogP contribution is -2.41. The molecule has 1 aromatic heterocycles. The molecular formula is C20H26Cl2N4O3. The molecule has 0 fully saturated rings. The highest BCUT2D eigenvalue weighted by Gasteiger charge is 2.26. The molecular weight excluding hydrogens is 415 g/mol. The number of rotatable bonds is 9. The summed E-state index contributed by atoms with van der Waals surface area (Å²) >= 11 is 12.2. The first-order valence-electron chi connectivity index (χ1n) is 9.71. The maximum Gasteiger partial charge on any atom is 0.330 e. The van der Waals surface area contributed by atoms with Crippen molar-refractivity contribution < 1.29 is 4.79 Å². The van der Waals surface area contributed by atoms with Crippen molar-refractivity contribution >= 4 is 40.6 Å². The number of nitrogens with one attached hydrogen (secondary N) is 1. The Morgan fingerprint density at radius 1 is 1.14 bits per heavy atom. The van der Waals surface area contributed by atoms with E-state index in [4.69, 9.17) is 28.9 Å². The van der Waals surface area contributed by atoms with Crippen LogP contribution in [0.3, 0.4) is 0 Å². The van der Waals surface area contributed by atoms with E-state index >= 15 is 0 Å². The summed E-state index contributed by atoms with van der Waals surface area (Å²) in [6, 6.07) is 4.54. The molecule has 2 rings (SSSR count). The van der Waals surface area contributed by atoms with Crippen LogP contribution in [0.4, 0.5) is 11.5 Å². The molecule has 0 bridgehead atoms. The van der Waals surface area contributed by atoms with Crippen LogP contribution in [-0.2, 0) is 6.54 Å². The lowest BCUT2D eigenvalue weighted by Gasteiger charge is -2.25. The van der Waals surface area contributed by atoms with Gasteiger partial charge < -0.3 is 10.6 Å². The van der Waals surface area contributed by atoms with Crippen molar-refractivity contribution in [1.29, 1.82) is 0 Å². The van der Waals surface area contributed by atoms with E-state index in [1.807, 2.05) is 13.8 Å². The zero-order valence-electron chi connectivity index (χ0n) is 16.6. The number of carbonyl (C=O) groups excluding carboxylic acids is 1. The van der Waals surface area contributed by atoms with Gasteiger partial charge in [0.25, 0.3) is 11.5 Å². The molecule has 0 aliphatic rings. The number of halogens is 2. The second-order valence-electron chi connectivity index (χ2n) is 6.79. The van der Waals surface area contributed by atoms with Gasteiger partial charge in [0.05, 0.1) is 10.6 Å². The van der Waals surface area contributed by atoms with Crippen LogP contribution in [-0.4, -0.2) is 22.0 Å². The summed E-state index contributed by atoms with van der Waals surface area (Å²) in [5.74, 6) is -0.497. The van der Waals surface area contributed by atoms with E-state index in [0.29, 0.717) is 24.4 Å². The molecule has 7 nitrogen and oxygen atoms in total. The Kier molecular flexibility index (Phi) is 8.34. The topological polar surface area (TPSA) is 101 Å². The summed E-state index contributed by atoms with van der Waals surface area (Å²) in [6.45, 7) is 4.64. The Balaban J connectivity index is 2.59. The highest BCUT2D eigenvalue weighted by molar-refractivity contribution is 6.37. The van der Waals surface area contributed by atoms with Gasteiger partial charge in [-0.05, 0) is 31.0 Å². The second kappa shape index (κ2) is 10.5. The third-order valence-electron chi connectivity index (χ3n) is 4.61. The number of amides is 1. The number of hydrogen-bond acceptors (Lipinski definition) is 4. The standard InChI is InChI=1S/C20H26Cl2N4O3/c1-3-5-7-11-25(19(28)14-9-8-13(21)12-15(14)22)16-17(23)26(10-6-4-2)20(29)24-18(16)27/h8-9,12H,3-7,10-11,23H2,1-2H3,(H,24,27,29). The Morgan fingerprint density at radius 2 is 1.83 bits per heavy atom. The van der Waals surface area contributed by atoms with Crippen LogP contribution in [0.15, 0.2) is 27.8 Å². The van der Waals surface area contributed by atoms with Crippen molar-refractivity contribution in [3.05, 3.63) is 54.6 Å². The normalized spacial score (nSPS) is 10.9. The number of carbonyl (C=O) groups is 1. The fourth-order valence-corrected chi connectivity index (χ4v) is 3.51. The fraction of sp³-hybridized carbons (Fsp3) is 0.450. The minimum absolute atomic E-state index is 0.0258. The number of anilines is 2. The zero-order valence-corrected chi connectivity index (χ0v) is 18.1. The monoisotopic (exact) mass is 440 g/mol. The predicted octanol–water partition coefficient (Wildman–Crippen LogP) is 4.06. The largest absolute Gasteiger partial charge is 0.383 e. The molecule has 0 spiro atoms. The number of nitrogens with two attached hydrogens (primary N) is 1. The molecule has 1 aromatic carbocycles. The van der Waals surface area contributed by atoms with Crippen LogP contribution in [0.1, 0.15) is 56.3 Å². The third-order valence-corrected chi connectivity index (χ3v) is 5.16. The summed E-state index contributed by atoms with van der Waals surface area (Å²) in [5.41, 5.74) is 5.09. The molecule has 0 aliphatic heterocycles. The van der Waals surface area contributed by atoms with Gasteiger partial charge in [0.1, 0.15) is 5.82 Å². The average molecular weight is 441 g/mol. The Bertz CT molecular complexity index is 985. The van der Waals surface area contributed by atoms with E-state index in [1.54, 1.807) is 6.07 Å². The number of benzene rings is 1. The highest BCUT2D eigenvalue weighted by Crippen LogP contribution is 2.26. The molecule has 158 valence electrons. The van der Waals surface area contributed by atoms with Gasteiger partial charge in [-0.2, -0.15) is 0 Å². The number of unbranched alkanes of at least 4 members (excludes halogenated alkanes) is 3. The fourth-order valence-electron chi connectivity index (χ4n) is 3.02. The number of aromatic amines is 1. The Labute approximate surface area is 179 Å². The van der Waals surface area contributed by atoms with Gasteiger partial charge in [0.2, 0.25) is 0 Å². The quantitative estimate of drug-likeness (QED) is 0.573. The van der Waals surface area contributed by atoms with Crippen molar-refractivity contribution in [2.45, 2.75) is 52.5 Å². The molecule has 0 saturated heterocycles.